The largest absolute Gasteiger partial charge is 0.490 e. The van der Waals surface area contributed by atoms with Crippen LogP contribution in [0.5, 0.6) is 0 Å². The van der Waals surface area contributed by atoms with E-state index >= 15 is 0 Å². The number of ether oxygens (including phenoxy) is 2. The number of hydrogen-bond acceptors (Lipinski definition) is 8. The van der Waals surface area contributed by atoms with Crippen LogP contribution in [0.1, 0.15) is 24.7 Å². The fourth-order valence-electron chi connectivity index (χ4n) is 2.57. The van der Waals surface area contributed by atoms with Gasteiger partial charge in [0.25, 0.3) is 0 Å². The van der Waals surface area contributed by atoms with Crippen molar-refractivity contribution in [1.82, 2.24) is 14.3 Å². The van der Waals surface area contributed by atoms with Crippen molar-refractivity contribution in [3.63, 3.8) is 0 Å². The van der Waals surface area contributed by atoms with Gasteiger partial charge in [0, 0.05) is 26.4 Å². The van der Waals surface area contributed by atoms with E-state index in [4.69, 9.17) is 19.4 Å². The van der Waals surface area contributed by atoms with Crippen LogP contribution in [0.15, 0.2) is 12.3 Å². The van der Waals surface area contributed by atoms with Gasteiger partial charge >= 0.3 is 12.1 Å². The predicted octanol–water partition coefficient (Wildman–Crippen LogP) is 1.03. The van der Waals surface area contributed by atoms with Crippen LogP contribution in [0, 0.1) is 0 Å². The molecule has 1 unspecified atom stereocenters. The lowest BCUT2D eigenvalue weighted by Crippen LogP contribution is -2.45. The Bertz CT molecular complexity index is 819. The molecule has 14 heteroatoms. The van der Waals surface area contributed by atoms with Crippen LogP contribution in [-0.2, 0) is 24.3 Å². The number of nitrogens with one attached hydrogen (secondary N) is 1. The minimum Gasteiger partial charge on any atom is -0.475 e. The second-order valence-corrected chi connectivity index (χ2v) is 8.63. The number of carboxylic acid groups (broad SMARTS) is 1. The second kappa shape index (κ2) is 10.3. The van der Waals surface area contributed by atoms with Gasteiger partial charge in [-0.1, -0.05) is 0 Å². The number of halogens is 3. The van der Waals surface area contributed by atoms with Gasteiger partial charge in [0.05, 0.1) is 25.1 Å². The molecule has 0 radical (unpaired) electrons. The zero-order valence-corrected chi connectivity index (χ0v) is 16.9. The van der Waals surface area contributed by atoms with Crippen LogP contribution in [0.2, 0.25) is 0 Å². The molecule has 2 fully saturated rings. The first-order valence-corrected chi connectivity index (χ1v) is 10.5. The molecule has 170 valence electrons. The van der Waals surface area contributed by atoms with Gasteiger partial charge in [0.2, 0.25) is 10.0 Å². The van der Waals surface area contributed by atoms with Crippen LogP contribution >= 0.6 is 0 Å². The van der Waals surface area contributed by atoms with Crippen molar-refractivity contribution in [3.8, 4) is 0 Å². The summed E-state index contributed by atoms with van der Waals surface area (Å²) in [6.45, 7) is 2.24. The van der Waals surface area contributed by atoms with Crippen molar-refractivity contribution in [2.75, 3.05) is 45.3 Å². The zero-order valence-electron chi connectivity index (χ0n) is 16.1. The molecular formula is C16H23F3N4O6S. The second-order valence-electron chi connectivity index (χ2n) is 6.47. The number of sulfonamides is 1. The van der Waals surface area contributed by atoms with Crippen LogP contribution in [0.3, 0.4) is 0 Å². The molecule has 1 aliphatic heterocycles. The Hall–Kier alpha value is -2.03. The summed E-state index contributed by atoms with van der Waals surface area (Å²) in [4.78, 5) is 17.6. The van der Waals surface area contributed by atoms with E-state index in [0.717, 1.165) is 12.8 Å². The molecule has 2 N–H and O–H groups in total. The van der Waals surface area contributed by atoms with E-state index in [1.54, 1.807) is 19.4 Å². The molecule has 1 aromatic rings. The van der Waals surface area contributed by atoms with Gasteiger partial charge in [0.1, 0.15) is 11.9 Å². The highest BCUT2D eigenvalue weighted by Crippen LogP contribution is 2.36. The summed E-state index contributed by atoms with van der Waals surface area (Å²) in [5, 5.41) is 10.0. The van der Waals surface area contributed by atoms with Crippen molar-refractivity contribution in [2.24, 2.45) is 0 Å². The first kappa shape index (κ1) is 24.2. The van der Waals surface area contributed by atoms with Gasteiger partial charge < -0.3 is 19.9 Å². The van der Waals surface area contributed by atoms with Gasteiger partial charge in [-0.15, -0.1) is 0 Å². The third kappa shape index (κ3) is 6.75. The van der Waals surface area contributed by atoms with Crippen molar-refractivity contribution in [3.05, 3.63) is 18.1 Å². The fourth-order valence-corrected chi connectivity index (χ4v) is 4.52. The van der Waals surface area contributed by atoms with E-state index in [2.05, 4.69) is 15.3 Å². The van der Waals surface area contributed by atoms with E-state index < -0.39 is 28.2 Å². The van der Waals surface area contributed by atoms with Crippen LogP contribution in [0.25, 0.3) is 0 Å². The third-order valence-corrected chi connectivity index (χ3v) is 6.58. The summed E-state index contributed by atoms with van der Waals surface area (Å²) in [5.41, 5.74) is 0. The minimum absolute atomic E-state index is 0.244. The lowest BCUT2D eigenvalue weighted by atomic mass is 10.2. The highest BCUT2D eigenvalue weighted by Gasteiger charge is 2.45. The quantitative estimate of drug-likeness (QED) is 0.578. The maximum absolute atomic E-state index is 12.6. The number of hydrogen-bond donors (Lipinski definition) is 2. The molecule has 1 saturated carbocycles. The lowest BCUT2D eigenvalue weighted by Gasteiger charge is -2.33. The molecule has 2 heterocycles. The molecule has 30 heavy (non-hydrogen) atoms. The first-order chi connectivity index (χ1) is 14.1. The number of anilines is 1. The van der Waals surface area contributed by atoms with Crippen LogP contribution in [-0.4, -0.2) is 85.2 Å². The number of carboxylic acids is 1. The van der Waals surface area contributed by atoms with Gasteiger partial charge in [-0.05, 0) is 18.9 Å². The topological polar surface area (TPSA) is 131 Å². The standard InChI is InChI=1S/C14H22N4O4S.C2HF3O2/c1-21-8-6-15-13-4-5-16-14(17-13)12-10-22-9-7-18(12)23(19,20)11-2-3-11;3-2(4,5)1(6)7/h4-5,11-12H,2-3,6-10H2,1H3,(H,15,16,17);(H,6,7). The Kier molecular flexibility index (Phi) is 8.34. The highest BCUT2D eigenvalue weighted by atomic mass is 32.2. The van der Waals surface area contributed by atoms with E-state index in [9.17, 15) is 21.6 Å². The number of methoxy groups -OCH3 is 1. The molecule has 1 saturated heterocycles. The Morgan fingerprint density at radius 1 is 1.43 bits per heavy atom. The van der Waals surface area contributed by atoms with Crippen molar-refractivity contribution in [2.45, 2.75) is 30.3 Å². The minimum atomic E-state index is -5.08. The highest BCUT2D eigenvalue weighted by molar-refractivity contribution is 7.90. The van der Waals surface area contributed by atoms with Gasteiger partial charge in [-0.3, -0.25) is 0 Å². The number of aromatic nitrogens is 2. The molecule has 10 nitrogen and oxygen atoms in total. The number of rotatable bonds is 7. The number of alkyl halides is 3. The molecule has 1 aromatic heterocycles. The SMILES string of the molecule is COCCNc1ccnc(C2COCCN2S(=O)(=O)C2CC2)n1.O=C(O)C(F)(F)F. The van der Waals surface area contributed by atoms with Gasteiger partial charge in [0.15, 0.2) is 5.82 Å². The van der Waals surface area contributed by atoms with E-state index in [1.165, 1.54) is 4.31 Å². The smallest absolute Gasteiger partial charge is 0.475 e. The average molecular weight is 456 g/mol. The molecule has 0 aromatic carbocycles. The predicted molar refractivity (Wildman–Crippen MR) is 98.3 cm³/mol. The normalized spacial score (nSPS) is 20.2. The van der Waals surface area contributed by atoms with Gasteiger partial charge in [-0.25, -0.2) is 23.2 Å². The maximum atomic E-state index is 12.6. The number of aliphatic carboxylic acids is 1. The molecule has 0 spiro atoms. The fraction of sp³-hybridized carbons (Fsp3) is 0.688. The molecular weight excluding hydrogens is 433 g/mol. The van der Waals surface area contributed by atoms with Crippen LogP contribution in [0.4, 0.5) is 19.0 Å². The van der Waals surface area contributed by atoms with Gasteiger partial charge in [-0.2, -0.15) is 17.5 Å². The van der Waals surface area contributed by atoms with E-state index in [1.807, 2.05) is 0 Å². The number of carbonyl (C=O) groups is 1. The van der Waals surface area contributed by atoms with Crippen molar-refractivity contribution >= 4 is 21.8 Å². The summed E-state index contributed by atoms with van der Waals surface area (Å²) >= 11 is 0. The Morgan fingerprint density at radius 2 is 2.10 bits per heavy atom. The number of morpholine rings is 1. The van der Waals surface area contributed by atoms with E-state index in [-0.39, 0.29) is 11.9 Å². The number of nitrogens with zero attached hydrogens (tertiary/aromatic N) is 3. The van der Waals surface area contributed by atoms with Crippen molar-refractivity contribution < 1.29 is 41.0 Å². The molecule has 1 aliphatic carbocycles. The molecule has 0 bridgehead atoms. The Morgan fingerprint density at radius 3 is 2.67 bits per heavy atom. The summed E-state index contributed by atoms with van der Waals surface area (Å²) in [6.07, 6.45) is -1.97. The lowest BCUT2D eigenvalue weighted by molar-refractivity contribution is -0.192. The molecule has 0 amide bonds. The van der Waals surface area contributed by atoms with E-state index in [0.29, 0.717) is 37.9 Å². The average Bonchev–Trinajstić information content (AvgIpc) is 3.54. The Labute approximate surface area is 171 Å². The monoisotopic (exact) mass is 456 g/mol. The molecule has 1 atom stereocenters. The zero-order chi connectivity index (χ0) is 22.4. The van der Waals surface area contributed by atoms with Crippen LogP contribution < -0.4 is 5.32 Å². The molecule has 3 rings (SSSR count). The Balaban J connectivity index is 0.000000396. The van der Waals surface area contributed by atoms with Crippen molar-refractivity contribution in [1.29, 1.82) is 0 Å². The summed E-state index contributed by atoms with van der Waals surface area (Å²) in [7, 11) is -1.65. The first-order valence-electron chi connectivity index (χ1n) is 9.01. The maximum Gasteiger partial charge on any atom is 0.490 e. The summed E-state index contributed by atoms with van der Waals surface area (Å²) in [6, 6.07) is 1.29. The third-order valence-electron chi connectivity index (χ3n) is 4.18. The molecule has 2 aliphatic rings. The summed E-state index contributed by atoms with van der Waals surface area (Å²) in [5.74, 6) is -1.63. The summed E-state index contributed by atoms with van der Waals surface area (Å²) < 4.78 is 68.9.